The van der Waals surface area contributed by atoms with Crippen LogP contribution in [0.15, 0.2) is 58.7 Å². The third kappa shape index (κ3) is 6.42. The zero-order chi connectivity index (χ0) is 29.5. The first-order valence-corrected chi connectivity index (χ1v) is 14.7. The molecule has 2 atom stereocenters. The van der Waals surface area contributed by atoms with Gasteiger partial charge in [-0.25, -0.2) is 11.6 Å². The summed E-state index contributed by atoms with van der Waals surface area (Å²) in [6.45, 7) is 13.6. The summed E-state index contributed by atoms with van der Waals surface area (Å²) in [6, 6.07) is 14.9. The number of amidine groups is 1. The summed E-state index contributed by atoms with van der Waals surface area (Å²) in [5.41, 5.74) is 2.86. The molecular weight excluding hydrogens is 526 g/mol. The molecule has 1 unspecified atom stereocenters. The highest BCUT2D eigenvalue weighted by atomic mass is 16.5. The molecule has 3 aliphatic rings. The number of hydrogen-bond acceptors (Lipinski definition) is 6. The van der Waals surface area contributed by atoms with Crippen molar-refractivity contribution >= 4 is 34.6 Å². The first kappa shape index (κ1) is 29.2. The average molecular weight is 566 g/mol. The van der Waals surface area contributed by atoms with Crippen LogP contribution in [0, 0.1) is 23.8 Å². The second-order valence-corrected chi connectivity index (χ2v) is 11.1. The number of likely N-dealkylation sites (tertiary alicyclic amines) is 1. The maximum absolute atomic E-state index is 12.6. The summed E-state index contributed by atoms with van der Waals surface area (Å²) in [5.74, 6) is 5.45. The smallest absolute Gasteiger partial charge is 0.299 e. The number of rotatable bonds is 7. The lowest BCUT2D eigenvalue weighted by Gasteiger charge is -2.41. The highest BCUT2D eigenvalue weighted by molar-refractivity contribution is 5.99. The zero-order valence-electron chi connectivity index (χ0n) is 24.6. The number of nitrogens with zero attached hydrogens (tertiary/aromatic N) is 6. The van der Waals surface area contributed by atoms with Gasteiger partial charge in [0.2, 0.25) is 6.54 Å². The molecule has 1 N–H and O–H groups in total. The van der Waals surface area contributed by atoms with E-state index in [9.17, 15) is 10.2 Å². The number of nitrogens with one attached hydrogen (secondary N) is 1. The van der Waals surface area contributed by atoms with Gasteiger partial charge in [-0.05, 0) is 57.2 Å². The number of ether oxygens (including phenoxy) is 1. The van der Waals surface area contributed by atoms with Crippen LogP contribution in [0.2, 0.25) is 0 Å². The Hall–Kier alpha value is -4.34. The summed E-state index contributed by atoms with van der Waals surface area (Å²) in [7, 11) is 2.13. The van der Waals surface area contributed by atoms with Gasteiger partial charge in [-0.3, -0.25) is 10.2 Å². The SMILES string of the molecule is [C-]#[N+]CC1CN(C(=N)C2=C(N=COC[C@@H]3CCCN3C)CN(c3cccc4ccccc34)CC2)CCN1C(=O)C#CC. The second-order valence-electron chi connectivity index (χ2n) is 11.1. The minimum absolute atomic E-state index is 0.184. The average Bonchev–Trinajstić information content (AvgIpc) is 3.43. The Kier molecular flexibility index (Phi) is 9.41. The van der Waals surface area contributed by atoms with Crippen LogP contribution in [-0.2, 0) is 9.53 Å². The van der Waals surface area contributed by atoms with E-state index in [0.29, 0.717) is 51.1 Å². The quantitative estimate of drug-likeness (QED) is 0.239. The van der Waals surface area contributed by atoms with Crippen molar-refractivity contribution in [2.75, 3.05) is 64.4 Å². The van der Waals surface area contributed by atoms with Gasteiger partial charge < -0.3 is 29.2 Å². The molecule has 0 bridgehead atoms. The number of carbonyl (C=O) groups excluding carboxylic acids is 1. The van der Waals surface area contributed by atoms with Crippen molar-refractivity contribution in [3.63, 3.8) is 0 Å². The van der Waals surface area contributed by atoms with Crippen LogP contribution in [0.5, 0.6) is 0 Å². The van der Waals surface area contributed by atoms with E-state index in [0.717, 1.165) is 36.5 Å². The maximum Gasteiger partial charge on any atom is 0.299 e. The van der Waals surface area contributed by atoms with Crippen LogP contribution >= 0.6 is 0 Å². The fourth-order valence-electron chi connectivity index (χ4n) is 6.21. The van der Waals surface area contributed by atoms with Gasteiger partial charge in [0.15, 0.2) is 6.40 Å². The van der Waals surface area contributed by atoms with E-state index in [-0.39, 0.29) is 18.5 Å². The van der Waals surface area contributed by atoms with Gasteiger partial charge in [0.1, 0.15) is 18.5 Å². The van der Waals surface area contributed by atoms with Gasteiger partial charge in [0.25, 0.3) is 5.91 Å². The molecule has 42 heavy (non-hydrogen) atoms. The second kappa shape index (κ2) is 13.5. The molecule has 218 valence electrons. The van der Waals surface area contributed by atoms with Gasteiger partial charge in [0, 0.05) is 48.9 Å². The predicted octanol–water partition coefficient (Wildman–Crippen LogP) is 3.88. The van der Waals surface area contributed by atoms with Crippen molar-refractivity contribution in [3.8, 4) is 11.8 Å². The number of amides is 1. The third-order valence-corrected chi connectivity index (χ3v) is 8.55. The van der Waals surface area contributed by atoms with Crippen LogP contribution in [-0.4, -0.2) is 104 Å². The lowest BCUT2D eigenvalue weighted by atomic mass is 10.00. The lowest BCUT2D eigenvalue weighted by molar-refractivity contribution is -0.128. The molecule has 0 radical (unpaired) electrons. The molecule has 9 nitrogen and oxygen atoms in total. The van der Waals surface area contributed by atoms with E-state index in [1.165, 1.54) is 17.2 Å². The van der Waals surface area contributed by atoms with Crippen LogP contribution in [0.1, 0.15) is 26.2 Å². The van der Waals surface area contributed by atoms with Gasteiger partial charge in [-0.1, -0.05) is 42.3 Å². The maximum atomic E-state index is 12.6. The van der Waals surface area contributed by atoms with Crippen molar-refractivity contribution in [3.05, 3.63) is 65.2 Å². The Labute approximate surface area is 248 Å². The summed E-state index contributed by atoms with van der Waals surface area (Å²) in [4.78, 5) is 29.3. The Morgan fingerprint density at radius 2 is 2.00 bits per heavy atom. The van der Waals surface area contributed by atoms with Crippen molar-refractivity contribution in [1.82, 2.24) is 14.7 Å². The van der Waals surface area contributed by atoms with E-state index >= 15 is 0 Å². The summed E-state index contributed by atoms with van der Waals surface area (Å²) >= 11 is 0. The molecule has 2 aromatic rings. The van der Waals surface area contributed by atoms with Crippen molar-refractivity contribution in [2.24, 2.45) is 4.99 Å². The van der Waals surface area contributed by atoms with Gasteiger partial charge in [-0.2, -0.15) is 0 Å². The van der Waals surface area contributed by atoms with E-state index < -0.39 is 0 Å². The number of carbonyl (C=O) groups is 1. The van der Waals surface area contributed by atoms with Crippen molar-refractivity contribution in [2.45, 2.75) is 38.3 Å². The number of anilines is 1. The van der Waals surface area contributed by atoms with Crippen LogP contribution < -0.4 is 4.90 Å². The number of fused-ring (bicyclic) bond motifs is 1. The largest absolute Gasteiger partial charge is 0.481 e. The minimum atomic E-state index is -0.306. The van der Waals surface area contributed by atoms with Crippen molar-refractivity contribution in [1.29, 1.82) is 5.41 Å². The fraction of sp³-hybridized carbons (Fsp3) is 0.455. The molecule has 2 aromatic carbocycles. The first-order chi connectivity index (χ1) is 20.5. The Bertz CT molecular complexity index is 1480. The fourth-order valence-corrected chi connectivity index (χ4v) is 6.21. The molecule has 2 saturated heterocycles. The molecule has 9 heteroatoms. The van der Waals surface area contributed by atoms with E-state index in [1.54, 1.807) is 18.2 Å². The molecule has 5 rings (SSSR count). The van der Waals surface area contributed by atoms with Gasteiger partial charge in [-0.15, -0.1) is 0 Å². The Balaban J connectivity index is 1.39. The molecule has 0 spiro atoms. The Morgan fingerprint density at radius 1 is 1.17 bits per heavy atom. The predicted molar refractivity (Wildman–Crippen MR) is 168 cm³/mol. The number of likely N-dealkylation sites (N-methyl/N-ethyl adjacent to an activating group) is 1. The monoisotopic (exact) mass is 565 g/mol. The highest BCUT2D eigenvalue weighted by Crippen LogP contribution is 2.32. The number of benzene rings is 2. The van der Waals surface area contributed by atoms with Gasteiger partial charge in [0.05, 0.1) is 12.2 Å². The Morgan fingerprint density at radius 3 is 2.79 bits per heavy atom. The number of piperazine rings is 1. The molecule has 0 saturated carbocycles. The normalized spacial score (nSPS) is 21.4. The molecule has 2 fully saturated rings. The van der Waals surface area contributed by atoms with E-state index in [1.807, 2.05) is 4.90 Å². The molecule has 3 heterocycles. The molecular formula is C33H39N7O2. The van der Waals surface area contributed by atoms with E-state index in [4.69, 9.17) is 16.3 Å². The zero-order valence-corrected chi connectivity index (χ0v) is 24.6. The molecule has 1 amide bonds. The molecule has 3 aliphatic heterocycles. The molecule has 0 aromatic heterocycles. The van der Waals surface area contributed by atoms with Gasteiger partial charge >= 0.3 is 0 Å². The highest BCUT2D eigenvalue weighted by Gasteiger charge is 2.35. The van der Waals surface area contributed by atoms with Crippen molar-refractivity contribution < 1.29 is 9.53 Å². The number of aliphatic imine (C=N–C) groups is 1. The summed E-state index contributed by atoms with van der Waals surface area (Å²) < 4.78 is 5.93. The van der Waals surface area contributed by atoms with E-state index in [2.05, 4.69) is 76.0 Å². The van der Waals surface area contributed by atoms with Crippen LogP contribution in [0.3, 0.4) is 0 Å². The standard InChI is InChI=1S/C33H39N7O2/c1-4-9-32(41)40-19-18-39(21-27(40)20-35-2)33(34)29-15-17-38(31-14-7-11-25-10-5-6-13-28(25)31)22-30(29)36-24-42-23-26-12-8-16-37(26)3/h5-7,10-11,13-14,24,26-27,34H,8,12,15-23H2,1,3H3/t26-,27?/m0/s1. The summed E-state index contributed by atoms with van der Waals surface area (Å²) in [5, 5.41) is 11.6. The minimum Gasteiger partial charge on any atom is -0.481 e. The first-order valence-electron chi connectivity index (χ1n) is 14.7. The lowest BCUT2D eigenvalue weighted by Crippen LogP contribution is -2.57. The number of hydrogen-bond donors (Lipinski definition) is 1. The molecule has 0 aliphatic carbocycles. The van der Waals surface area contributed by atoms with Crippen LogP contribution in [0.4, 0.5) is 5.69 Å². The van der Waals surface area contributed by atoms with Crippen LogP contribution in [0.25, 0.3) is 15.6 Å². The third-order valence-electron chi connectivity index (χ3n) is 8.55. The summed E-state index contributed by atoms with van der Waals surface area (Å²) in [6.07, 6.45) is 4.53. The topological polar surface area (TPSA) is 79.8 Å².